The first-order chi connectivity index (χ1) is 14.8. The zero-order valence-electron chi connectivity index (χ0n) is 17.7. The molecule has 0 atom stereocenters. The summed E-state index contributed by atoms with van der Waals surface area (Å²) in [5, 5.41) is 7.93. The van der Waals surface area contributed by atoms with Crippen LogP contribution in [0.25, 0.3) is 0 Å². The summed E-state index contributed by atoms with van der Waals surface area (Å²) in [6.07, 6.45) is 3.67. The fourth-order valence-corrected chi connectivity index (χ4v) is 3.14. The van der Waals surface area contributed by atoms with Gasteiger partial charge in [-0.25, -0.2) is 4.98 Å². The Kier molecular flexibility index (Phi) is 6.81. The topological polar surface area (TPSA) is 105 Å². The molecule has 0 bridgehead atoms. The molecule has 0 aliphatic carbocycles. The molecule has 1 aromatic heterocycles. The van der Waals surface area contributed by atoms with Crippen molar-refractivity contribution in [1.29, 1.82) is 0 Å². The van der Waals surface area contributed by atoms with Crippen molar-refractivity contribution in [2.45, 2.75) is 33.9 Å². The van der Waals surface area contributed by atoms with Crippen LogP contribution < -0.4 is 16.0 Å². The average Bonchev–Trinajstić information content (AvgIpc) is 3.13. The van der Waals surface area contributed by atoms with Gasteiger partial charge >= 0.3 is 11.8 Å². The summed E-state index contributed by atoms with van der Waals surface area (Å²) >= 11 is 0. The summed E-state index contributed by atoms with van der Waals surface area (Å²) in [4.78, 5) is 40.1. The van der Waals surface area contributed by atoms with E-state index in [0.29, 0.717) is 23.5 Å². The van der Waals surface area contributed by atoms with E-state index in [-0.39, 0.29) is 12.5 Å². The third kappa shape index (κ3) is 5.79. The van der Waals surface area contributed by atoms with Gasteiger partial charge in [0.2, 0.25) is 5.91 Å². The van der Waals surface area contributed by atoms with Gasteiger partial charge in [0.05, 0.1) is 0 Å². The highest BCUT2D eigenvalue weighted by Crippen LogP contribution is 2.23. The average molecular weight is 419 g/mol. The summed E-state index contributed by atoms with van der Waals surface area (Å²) in [6.45, 7) is 6.01. The van der Waals surface area contributed by atoms with Crippen LogP contribution in [0.3, 0.4) is 0 Å². The first-order valence-corrected chi connectivity index (χ1v) is 9.85. The van der Waals surface area contributed by atoms with E-state index < -0.39 is 11.8 Å². The quantitative estimate of drug-likeness (QED) is 0.534. The molecule has 8 nitrogen and oxygen atoms in total. The van der Waals surface area contributed by atoms with Crippen LogP contribution >= 0.6 is 0 Å². The number of amides is 3. The van der Waals surface area contributed by atoms with Crippen LogP contribution in [0.5, 0.6) is 0 Å². The van der Waals surface area contributed by atoms with Gasteiger partial charge in [-0.15, -0.1) is 0 Å². The van der Waals surface area contributed by atoms with E-state index in [2.05, 4.69) is 20.9 Å². The molecule has 8 heteroatoms. The van der Waals surface area contributed by atoms with E-state index in [0.717, 1.165) is 17.0 Å². The van der Waals surface area contributed by atoms with Crippen molar-refractivity contribution in [3.05, 3.63) is 77.4 Å². The second-order valence-corrected chi connectivity index (χ2v) is 7.22. The lowest BCUT2D eigenvalue weighted by Crippen LogP contribution is -2.35. The number of hydrogen-bond acceptors (Lipinski definition) is 4. The lowest BCUT2D eigenvalue weighted by molar-refractivity contribution is -0.136. The molecule has 0 saturated carbocycles. The first kappa shape index (κ1) is 21.8. The van der Waals surface area contributed by atoms with Crippen LogP contribution in [-0.2, 0) is 27.5 Å². The van der Waals surface area contributed by atoms with Crippen molar-refractivity contribution in [3.8, 4) is 0 Å². The van der Waals surface area contributed by atoms with Crippen molar-refractivity contribution in [2.24, 2.45) is 0 Å². The second-order valence-electron chi connectivity index (χ2n) is 7.22. The van der Waals surface area contributed by atoms with Gasteiger partial charge in [0.1, 0.15) is 5.82 Å². The number of benzene rings is 2. The number of hydrogen-bond donors (Lipinski definition) is 3. The molecule has 0 fully saturated rings. The first-order valence-electron chi connectivity index (χ1n) is 9.85. The predicted octanol–water partition coefficient (Wildman–Crippen LogP) is 2.76. The Labute approximate surface area is 180 Å². The number of nitrogens with zero attached hydrogens (tertiary/aromatic N) is 2. The minimum atomic E-state index is -0.770. The fourth-order valence-electron chi connectivity index (χ4n) is 3.14. The standard InChI is InChI=1S/C23H25N5O3/c1-15-20(26-17(3)29)8-5-9-21(15)27-23(31)22(30)25-13-18-6-4-7-19(12-18)14-28-11-10-24-16(28)2/h4-12H,13-14H2,1-3H3,(H,25,30)(H,26,29)(H,27,31). The van der Waals surface area contributed by atoms with Gasteiger partial charge in [-0.05, 0) is 42.7 Å². The van der Waals surface area contributed by atoms with Crippen LogP contribution in [0.1, 0.15) is 29.4 Å². The largest absolute Gasteiger partial charge is 0.344 e. The summed E-state index contributed by atoms with van der Waals surface area (Å²) in [5.41, 5.74) is 3.67. The molecular formula is C23H25N5O3. The molecule has 3 aromatic rings. The van der Waals surface area contributed by atoms with Gasteiger partial charge in [-0.3, -0.25) is 14.4 Å². The highest BCUT2D eigenvalue weighted by Gasteiger charge is 2.15. The molecule has 0 aliphatic heterocycles. The van der Waals surface area contributed by atoms with E-state index in [1.54, 1.807) is 31.3 Å². The van der Waals surface area contributed by atoms with Gasteiger partial charge in [-0.1, -0.05) is 30.3 Å². The molecule has 0 aliphatic rings. The molecule has 31 heavy (non-hydrogen) atoms. The molecular weight excluding hydrogens is 394 g/mol. The second kappa shape index (κ2) is 9.71. The maximum atomic E-state index is 12.3. The molecule has 0 unspecified atom stereocenters. The lowest BCUT2D eigenvalue weighted by atomic mass is 10.1. The minimum Gasteiger partial charge on any atom is -0.344 e. The molecule has 0 spiro atoms. The summed E-state index contributed by atoms with van der Waals surface area (Å²) in [7, 11) is 0. The van der Waals surface area contributed by atoms with Crippen molar-refractivity contribution in [1.82, 2.24) is 14.9 Å². The fraction of sp³-hybridized carbons (Fsp3) is 0.217. The van der Waals surface area contributed by atoms with Crippen LogP contribution in [0.15, 0.2) is 54.9 Å². The number of imidazole rings is 1. The number of carbonyl (C=O) groups excluding carboxylic acids is 3. The van der Waals surface area contributed by atoms with E-state index in [4.69, 9.17) is 0 Å². The van der Waals surface area contributed by atoms with Crippen LogP contribution in [0, 0.1) is 13.8 Å². The van der Waals surface area contributed by atoms with Crippen LogP contribution in [0.4, 0.5) is 11.4 Å². The Morgan fingerprint density at radius 3 is 2.29 bits per heavy atom. The lowest BCUT2D eigenvalue weighted by Gasteiger charge is -2.13. The molecule has 0 saturated heterocycles. The molecule has 3 rings (SSSR count). The summed E-state index contributed by atoms with van der Waals surface area (Å²) < 4.78 is 2.03. The predicted molar refractivity (Wildman–Crippen MR) is 118 cm³/mol. The van der Waals surface area contributed by atoms with Gasteiger partial charge in [0.25, 0.3) is 0 Å². The third-order valence-corrected chi connectivity index (χ3v) is 4.82. The van der Waals surface area contributed by atoms with E-state index >= 15 is 0 Å². The van der Waals surface area contributed by atoms with E-state index in [1.165, 1.54) is 6.92 Å². The normalized spacial score (nSPS) is 10.4. The van der Waals surface area contributed by atoms with Gasteiger partial charge in [-0.2, -0.15) is 0 Å². The molecule has 2 aromatic carbocycles. The molecule has 160 valence electrons. The van der Waals surface area contributed by atoms with Crippen LogP contribution in [-0.4, -0.2) is 27.3 Å². The zero-order chi connectivity index (χ0) is 22.4. The minimum absolute atomic E-state index is 0.213. The number of carbonyl (C=O) groups is 3. The number of anilines is 2. The molecule has 3 N–H and O–H groups in total. The van der Waals surface area contributed by atoms with Crippen molar-refractivity contribution in [3.63, 3.8) is 0 Å². The van der Waals surface area contributed by atoms with Gasteiger partial charge < -0.3 is 20.5 Å². The molecule has 1 heterocycles. The monoisotopic (exact) mass is 419 g/mol. The zero-order valence-corrected chi connectivity index (χ0v) is 17.7. The Balaban J connectivity index is 1.59. The Bertz CT molecular complexity index is 1120. The number of aromatic nitrogens is 2. The number of rotatable bonds is 6. The van der Waals surface area contributed by atoms with Gasteiger partial charge in [0, 0.05) is 43.8 Å². The van der Waals surface area contributed by atoms with Crippen LogP contribution in [0.2, 0.25) is 0 Å². The maximum absolute atomic E-state index is 12.3. The van der Waals surface area contributed by atoms with Crippen molar-refractivity contribution < 1.29 is 14.4 Å². The summed E-state index contributed by atoms with van der Waals surface area (Å²) in [5.74, 6) is -0.795. The third-order valence-electron chi connectivity index (χ3n) is 4.82. The highest BCUT2D eigenvalue weighted by atomic mass is 16.2. The van der Waals surface area contributed by atoms with Crippen molar-refractivity contribution >= 4 is 29.1 Å². The van der Waals surface area contributed by atoms with Crippen molar-refractivity contribution in [2.75, 3.05) is 10.6 Å². The highest BCUT2D eigenvalue weighted by molar-refractivity contribution is 6.39. The van der Waals surface area contributed by atoms with E-state index in [9.17, 15) is 14.4 Å². The van der Waals surface area contributed by atoms with E-state index in [1.807, 2.05) is 42.0 Å². The molecule has 3 amide bonds. The SMILES string of the molecule is CC(=O)Nc1cccc(NC(=O)C(=O)NCc2cccc(Cn3ccnc3C)c2)c1C. The Morgan fingerprint density at radius 2 is 1.61 bits per heavy atom. The van der Waals surface area contributed by atoms with Gasteiger partial charge in [0.15, 0.2) is 0 Å². The molecule has 0 radical (unpaired) electrons. The Hall–Kier alpha value is -3.94. The number of aryl methyl sites for hydroxylation is 1. The Morgan fingerprint density at radius 1 is 0.935 bits per heavy atom. The number of nitrogens with one attached hydrogen (secondary N) is 3. The maximum Gasteiger partial charge on any atom is 0.313 e. The summed E-state index contributed by atoms with van der Waals surface area (Å²) in [6, 6.07) is 12.9. The smallest absolute Gasteiger partial charge is 0.313 e.